The van der Waals surface area contributed by atoms with Gasteiger partial charge in [0.25, 0.3) is 5.91 Å². The van der Waals surface area contributed by atoms with Gasteiger partial charge in [-0.05, 0) is 33.2 Å². The molecule has 3 N–H and O–H groups in total. The molecular formula is C11H17ClN4O. The third kappa shape index (κ3) is 3.87. The fourth-order valence-corrected chi connectivity index (χ4v) is 1.31. The van der Waals surface area contributed by atoms with Gasteiger partial charge in [-0.15, -0.1) is 0 Å². The third-order valence-corrected chi connectivity index (χ3v) is 2.83. The van der Waals surface area contributed by atoms with Gasteiger partial charge in [0.1, 0.15) is 11.5 Å². The number of pyridine rings is 1. The molecule has 0 spiro atoms. The largest absolute Gasteiger partial charge is 0.384 e. The van der Waals surface area contributed by atoms with Gasteiger partial charge in [0, 0.05) is 12.6 Å². The number of nitrogens with zero attached hydrogens (tertiary/aromatic N) is 2. The van der Waals surface area contributed by atoms with Crippen LogP contribution >= 0.6 is 11.6 Å². The van der Waals surface area contributed by atoms with Gasteiger partial charge < -0.3 is 16.0 Å². The second kappa shape index (κ2) is 5.84. The third-order valence-electron chi connectivity index (χ3n) is 2.52. The van der Waals surface area contributed by atoms with Crippen LogP contribution in [0.25, 0.3) is 0 Å². The number of halogens is 1. The van der Waals surface area contributed by atoms with E-state index in [4.69, 9.17) is 17.3 Å². The van der Waals surface area contributed by atoms with Crippen molar-refractivity contribution in [3.8, 4) is 0 Å². The molecule has 1 rings (SSSR count). The first-order valence-electron chi connectivity index (χ1n) is 5.28. The van der Waals surface area contributed by atoms with Crippen molar-refractivity contribution in [1.82, 2.24) is 15.2 Å². The fourth-order valence-electron chi connectivity index (χ4n) is 1.12. The fraction of sp³-hybridized carbons (Fsp3) is 0.455. The average molecular weight is 257 g/mol. The SMILES string of the molecule is CC(CNC(=O)c1nc(N)ccc1Cl)N(C)C. The number of carbonyl (C=O) groups excluding carboxylic acids is 1. The number of rotatable bonds is 4. The molecule has 17 heavy (non-hydrogen) atoms. The van der Waals surface area contributed by atoms with E-state index in [2.05, 4.69) is 10.3 Å². The van der Waals surface area contributed by atoms with Gasteiger partial charge in [-0.1, -0.05) is 11.6 Å². The molecule has 1 heterocycles. The minimum atomic E-state index is -0.309. The number of aromatic nitrogens is 1. The van der Waals surface area contributed by atoms with Gasteiger partial charge in [0.15, 0.2) is 0 Å². The smallest absolute Gasteiger partial charge is 0.271 e. The molecule has 0 radical (unpaired) electrons. The lowest BCUT2D eigenvalue weighted by molar-refractivity contribution is 0.0939. The van der Waals surface area contributed by atoms with Crippen molar-refractivity contribution < 1.29 is 4.79 Å². The van der Waals surface area contributed by atoms with Crippen LogP contribution < -0.4 is 11.1 Å². The first-order valence-corrected chi connectivity index (χ1v) is 5.66. The van der Waals surface area contributed by atoms with Crippen molar-refractivity contribution in [2.45, 2.75) is 13.0 Å². The number of anilines is 1. The Balaban J connectivity index is 2.67. The van der Waals surface area contributed by atoms with E-state index in [0.29, 0.717) is 11.6 Å². The van der Waals surface area contributed by atoms with Crippen molar-refractivity contribution >= 4 is 23.3 Å². The van der Waals surface area contributed by atoms with E-state index in [9.17, 15) is 4.79 Å². The number of hydrogen-bond acceptors (Lipinski definition) is 4. The molecule has 0 bridgehead atoms. The maximum absolute atomic E-state index is 11.8. The Morgan fingerprint density at radius 3 is 2.82 bits per heavy atom. The second-order valence-corrected chi connectivity index (χ2v) is 4.50. The summed E-state index contributed by atoms with van der Waals surface area (Å²) in [5, 5.41) is 3.07. The summed E-state index contributed by atoms with van der Waals surface area (Å²) in [5.41, 5.74) is 5.68. The molecular weight excluding hydrogens is 240 g/mol. The number of nitrogens with two attached hydrogens (primary N) is 1. The number of nitrogens with one attached hydrogen (secondary N) is 1. The Labute approximate surface area is 106 Å². The minimum Gasteiger partial charge on any atom is -0.384 e. The molecule has 5 nitrogen and oxygen atoms in total. The van der Waals surface area contributed by atoms with Crippen molar-refractivity contribution in [2.24, 2.45) is 0 Å². The monoisotopic (exact) mass is 256 g/mol. The topological polar surface area (TPSA) is 71.2 Å². The lowest BCUT2D eigenvalue weighted by Crippen LogP contribution is -2.38. The van der Waals surface area contributed by atoms with Gasteiger partial charge in [0.2, 0.25) is 0 Å². The zero-order valence-electron chi connectivity index (χ0n) is 10.2. The van der Waals surface area contributed by atoms with E-state index in [0.717, 1.165) is 0 Å². The molecule has 1 aromatic rings. The van der Waals surface area contributed by atoms with E-state index < -0.39 is 0 Å². The highest BCUT2D eigenvalue weighted by Gasteiger charge is 2.14. The van der Waals surface area contributed by atoms with Crippen molar-refractivity contribution in [2.75, 3.05) is 26.4 Å². The highest BCUT2D eigenvalue weighted by molar-refractivity contribution is 6.33. The quantitative estimate of drug-likeness (QED) is 0.843. The lowest BCUT2D eigenvalue weighted by atomic mass is 10.3. The maximum atomic E-state index is 11.8. The number of amides is 1. The van der Waals surface area contributed by atoms with Gasteiger partial charge in [-0.3, -0.25) is 4.79 Å². The standard InChI is InChI=1S/C11H17ClN4O/c1-7(16(2)3)6-14-11(17)10-8(12)4-5-9(13)15-10/h4-5,7H,6H2,1-3H3,(H2,13,15)(H,14,17). The van der Waals surface area contributed by atoms with Crippen LogP contribution in [0.1, 0.15) is 17.4 Å². The average Bonchev–Trinajstić information content (AvgIpc) is 2.28. The van der Waals surface area contributed by atoms with E-state index in [1.807, 2.05) is 25.9 Å². The van der Waals surface area contributed by atoms with E-state index in [-0.39, 0.29) is 23.5 Å². The van der Waals surface area contributed by atoms with Crippen LogP contribution in [-0.4, -0.2) is 42.5 Å². The zero-order valence-corrected chi connectivity index (χ0v) is 11.0. The molecule has 1 unspecified atom stereocenters. The molecule has 1 amide bonds. The summed E-state index contributed by atoms with van der Waals surface area (Å²) >= 11 is 5.88. The highest BCUT2D eigenvalue weighted by Crippen LogP contribution is 2.14. The molecule has 0 aliphatic rings. The maximum Gasteiger partial charge on any atom is 0.271 e. The molecule has 0 aliphatic carbocycles. The van der Waals surface area contributed by atoms with Crippen molar-refractivity contribution in [1.29, 1.82) is 0 Å². The number of carbonyl (C=O) groups is 1. The van der Waals surface area contributed by atoms with E-state index in [1.54, 1.807) is 12.1 Å². The zero-order chi connectivity index (χ0) is 13.0. The van der Waals surface area contributed by atoms with E-state index >= 15 is 0 Å². The Bertz CT molecular complexity index is 408. The van der Waals surface area contributed by atoms with Crippen LogP contribution in [0.2, 0.25) is 5.02 Å². The Morgan fingerprint density at radius 1 is 1.59 bits per heavy atom. The minimum absolute atomic E-state index is 0.164. The first kappa shape index (κ1) is 13.7. The number of likely N-dealkylation sites (N-methyl/N-ethyl adjacent to an activating group) is 1. The summed E-state index contributed by atoms with van der Waals surface area (Å²) in [4.78, 5) is 17.7. The van der Waals surface area contributed by atoms with Gasteiger partial charge in [-0.2, -0.15) is 0 Å². The van der Waals surface area contributed by atoms with Crippen molar-refractivity contribution in [3.05, 3.63) is 22.8 Å². The predicted molar refractivity (Wildman–Crippen MR) is 69.1 cm³/mol. The molecule has 0 saturated carbocycles. The van der Waals surface area contributed by atoms with Crippen LogP contribution in [0.15, 0.2) is 12.1 Å². The predicted octanol–water partition coefficient (Wildman–Crippen LogP) is 0.997. The van der Waals surface area contributed by atoms with Crippen LogP contribution in [0.5, 0.6) is 0 Å². The lowest BCUT2D eigenvalue weighted by Gasteiger charge is -2.19. The summed E-state index contributed by atoms with van der Waals surface area (Å²) in [6.45, 7) is 2.54. The molecule has 6 heteroatoms. The van der Waals surface area contributed by atoms with Gasteiger partial charge in [0.05, 0.1) is 5.02 Å². The van der Waals surface area contributed by atoms with E-state index in [1.165, 1.54) is 0 Å². The molecule has 94 valence electrons. The molecule has 0 aliphatic heterocycles. The summed E-state index contributed by atoms with van der Waals surface area (Å²) in [6, 6.07) is 3.36. The van der Waals surface area contributed by atoms with Crippen LogP contribution in [-0.2, 0) is 0 Å². The Hall–Kier alpha value is -1.33. The van der Waals surface area contributed by atoms with Crippen LogP contribution in [0.3, 0.4) is 0 Å². The summed E-state index contributed by atoms with van der Waals surface area (Å²) in [7, 11) is 3.89. The molecule has 1 aromatic heterocycles. The summed E-state index contributed by atoms with van der Waals surface area (Å²) < 4.78 is 0. The molecule has 1 atom stereocenters. The van der Waals surface area contributed by atoms with Gasteiger partial charge >= 0.3 is 0 Å². The highest BCUT2D eigenvalue weighted by atomic mass is 35.5. The first-order chi connectivity index (χ1) is 7.91. The summed E-state index contributed by atoms with van der Waals surface area (Å²) in [5.74, 6) is -0.0313. The molecule has 0 fully saturated rings. The van der Waals surface area contributed by atoms with Crippen molar-refractivity contribution in [3.63, 3.8) is 0 Å². The Kier molecular flexibility index (Phi) is 4.72. The normalized spacial score (nSPS) is 12.5. The molecule has 0 saturated heterocycles. The van der Waals surface area contributed by atoms with Gasteiger partial charge in [-0.25, -0.2) is 4.98 Å². The Morgan fingerprint density at radius 2 is 2.24 bits per heavy atom. The second-order valence-electron chi connectivity index (χ2n) is 4.09. The van der Waals surface area contributed by atoms with Crippen LogP contribution in [0.4, 0.5) is 5.82 Å². The van der Waals surface area contributed by atoms with Crippen LogP contribution in [0, 0.1) is 0 Å². The summed E-state index contributed by atoms with van der Waals surface area (Å²) in [6.07, 6.45) is 0. The molecule has 0 aromatic carbocycles. The number of hydrogen-bond donors (Lipinski definition) is 2. The number of nitrogen functional groups attached to an aromatic ring is 1.